The number of rotatable bonds is 5. The molecule has 1 aromatic carbocycles. The fourth-order valence-electron chi connectivity index (χ4n) is 1.71. The lowest BCUT2D eigenvalue weighted by atomic mass is 10.1. The summed E-state index contributed by atoms with van der Waals surface area (Å²) in [6.07, 6.45) is 0. The molecule has 0 aliphatic rings. The zero-order valence-electron chi connectivity index (χ0n) is 10.4. The van der Waals surface area contributed by atoms with Crippen LogP contribution in [-0.2, 0) is 4.79 Å². The van der Waals surface area contributed by atoms with E-state index in [0.717, 1.165) is 0 Å². The summed E-state index contributed by atoms with van der Waals surface area (Å²) in [6, 6.07) is 3.20. The van der Waals surface area contributed by atoms with Crippen molar-refractivity contribution in [1.29, 1.82) is 0 Å². The van der Waals surface area contributed by atoms with Gasteiger partial charge >= 0.3 is 5.97 Å². The second kappa shape index (κ2) is 5.39. The molecule has 98 valence electrons. The average molecular weight is 251 g/mol. The number of aryl methyl sites for hydroxylation is 1. The van der Waals surface area contributed by atoms with Gasteiger partial charge in [-0.3, -0.25) is 4.79 Å². The van der Waals surface area contributed by atoms with Crippen LogP contribution in [0.2, 0.25) is 0 Å². The van der Waals surface area contributed by atoms with Crippen molar-refractivity contribution >= 4 is 23.3 Å². The lowest BCUT2D eigenvalue weighted by Crippen LogP contribution is -2.33. The molecule has 0 saturated heterocycles. The molecule has 1 amide bonds. The molecule has 0 unspecified atom stereocenters. The highest BCUT2D eigenvalue weighted by Gasteiger charge is 2.15. The second-order valence-electron chi connectivity index (χ2n) is 4.01. The number of anilines is 2. The highest BCUT2D eigenvalue weighted by Crippen LogP contribution is 2.25. The monoisotopic (exact) mass is 251 g/mol. The zero-order valence-corrected chi connectivity index (χ0v) is 10.4. The van der Waals surface area contributed by atoms with Crippen molar-refractivity contribution in [3.05, 3.63) is 23.3 Å². The van der Waals surface area contributed by atoms with E-state index >= 15 is 0 Å². The standard InChI is InChI=1S/C12H17N3O3/c1-3-15(6-10(13)16)8-4-7(2)11(14)9(5-8)12(17)18/h4-5H,3,6,14H2,1-2H3,(H2,13,16)(H,17,18). The van der Waals surface area contributed by atoms with Gasteiger partial charge in [-0.05, 0) is 31.5 Å². The third kappa shape index (κ3) is 2.91. The number of benzene rings is 1. The van der Waals surface area contributed by atoms with Crippen LogP contribution in [0.3, 0.4) is 0 Å². The van der Waals surface area contributed by atoms with Gasteiger partial charge in [-0.1, -0.05) is 0 Å². The number of hydrogen-bond acceptors (Lipinski definition) is 4. The summed E-state index contributed by atoms with van der Waals surface area (Å²) in [6.45, 7) is 4.17. The summed E-state index contributed by atoms with van der Waals surface area (Å²) in [7, 11) is 0. The smallest absolute Gasteiger partial charge is 0.337 e. The Balaban J connectivity index is 3.24. The summed E-state index contributed by atoms with van der Waals surface area (Å²) < 4.78 is 0. The SMILES string of the molecule is CCN(CC(N)=O)c1cc(C)c(N)c(C(=O)O)c1. The van der Waals surface area contributed by atoms with Crippen LogP contribution in [0.15, 0.2) is 12.1 Å². The maximum atomic E-state index is 11.1. The lowest BCUT2D eigenvalue weighted by Gasteiger charge is -2.23. The Hall–Kier alpha value is -2.24. The molecule has 0 fully saturated rings. The molecular weight excluding hydrogens is 234 g/mol. The Morgan fingerprint density at radius 3 is 2.44 bits per heavy atom. The number of carboxylic acid groups (broad SMARTS) is 1. The number of carboxylic acids is 1. The summed E-state index contributed by atoms with van der Waals surface area (Å²) in [5.74, 6) is -1.56. The average Bonchev–Trinajstić information content (AvgIpc) is 2.28. The van der Waals surface area contributed by atoms with Crippen molar-refractivity contribution in [3.8, 4) is 0 Å². The molecule has 1 aromatic rings. The van der Waals surface area contributed by atoms with Crippen LogP contribution in [0, 0.1) is 6.92 Å². The van der Waals surface area contributed by atoms with E-state index in [2.05, 4.69) is 0 Å². The fourth-order valence-corrected chi connectivity index (χ4v) is 1.71. The first-order valence-corrected chi connectivity index (χ1v) is 5.53. The minimum absolute atomic E-state index is 0.0351. The number of carbonyl (C=O) groups is 2. The van der Waals surface area contributed by atoms with Crippen LogP contribution in [-0.4, -0.2) is 30.1 Å². The topological polar surface area (TPSA) is 110 Å². The van der Waals surface area contributed by atoms with Crippen molar-refractivity contribution < 1.29 is 14.7 Å². The van der Waals surface area contributed by atoms with Crippen molar-refractivity contribution in [2.24, 2.45) is 5.73 Å². The number of likely N-dealkylation sites (N-methyl/N-ethyl adjacent to an activating group) is 1. The quantitative estimate of drug-likeness (QED) is 0.663. The minimum atomic E-state index is -1.09. The number of carbonyl (C=O) groups excluding carboxylic acids is 1. The molecule has 0 aromatic heterocycles. The van der Waals surface area contributed by atoms with Gasteiger partial charge in [-0.2, -0.15) is 0 Å². The number of nitrogens with two attached hydrogens (primary N) is 2. The molecule has 0 aliphatic heterocycles. The first-order valence-electron chi connectivity index (χ1n) is 5.53. The van der Waals surface area contributed by atoms with Crippen LogP contribution < -0.4 is 16.4 Å². The molecule has 0 bridgehead atoms. The van der Waals surface area contributed by atoms with Crippen molar-refractivity contribution in [2.45, 2.75) is 13.8 Å². The summed E-state index contributed by atoms with van der Waals surface area (Å²) in [5.41, 5.74) is 12.4. The Morgan fingerprint density at radius 2 is 2.00 bits per heavy atom. The number of amides is 1. The molecule has 0 radical (unpaired) electrons. The normalized spacial score (nSPS) is 10.1. The van der Waals surface area contributed by atoms with Crippen molar-refractivity contribution in [3.63, 3.8) is 0 Å². The number of nitrogen functional groups attached to an aromatic ring is 1. The molecular formula is C12H17N3O3. The Morgan fingerprint density at radius 1 is 1.39 bits per heavy atom. The third-order valence-corrected chi connectivity index (χ3v) is 2.70. The molecule has 5 N–H and O–H groups in total. The van der Waals surface area contributed by atoms with E-state index < -0.39 is 11.9 Å². The Labute approximate surface area is 105 Å². The van der Waals surface area contributed by atoms with E-state index in [0.29, 0.717) is 17.8 Å². The molecule has 0 aliphatic carbocycles. The summed E-state index contributed by atoms with van der Waals surface area (Å²) in [4.78, 5) is 23.7. The molecule has 6 heteroatoms. The van der Waals surface area contributed by atoms with Crippen LogP contribution in [0.4, 0.5) is 11.4 Å². The zero-order chi connectivity index (χ0) is 13.9. The van der Waals surface area contributed by atoms with Gasteiger partial charge in [0.15, 0.2) is 0 Å². The van der Waals surface area contributed by atoms with E-state index in [-0.39, 0.29) is 17.8 Å². The molecule has 18 heavy (non-hydrogen) atoms. The largest absolute Gasteiger partial charge is 0.478 e. The molecule has 0 atom stereocenters. The van der Waals surface area contributed by atoms with Gasteiger partial charge in [0.25, 0.3) is 0 Å². The van der Waals surface area contributed by atoms with Crippen LogP contribution in [0.25, 0.3) is 0 Å². The van der Waals surface area contributed by atoms with Gasteiger partial charge in [-0.25, -0.2) is 4.79 Å². The van der Waals surface area contributed by atoms with Crippen LogP contribution >= 0.6 is 0 Å². The molecule has 0 saturated carbocycles. The lowest BCUT2D eigenvalue weighted by molar-refractivity contribution is -0.116. The molecule has 0 spiro atoms. The van der Waals surface area contributed by atoms with Crippen LogP contribution in [0.1, 0.15) is 22.8 Å². The van der Waals surface area contributed by atoms with E-state index in [4.69, 9.17) is 16.6 Å². The Bertz CT molecular complexity index is 486. The van der Waals surface area contributed by atoms with Gasteiger partial charge < -0.3 is 21.5 Å². The third-order valence-electron chi connectivity index (χ3n) is 2.70. The van der Waals surface area contributed by atoms with Gasteiger partial charge in [0.05, 0.1) is 12.1 Å². The van der Waals surface area contributed by atoms with Crippen molar-refractivity contribution in [2.75, 3.05) is 23.7 Å². The molecule has 0 heterocycles. The van der Waals surface area contributed by atoms with E-state index in [1.54, 1.807) is 17.9 Å². The first kappa shape index (κ1) is 13.8. The molecule has 1 rings (SSSR count). The highest BCUT2D eigenvalue weighted by molar-refractivity contribution is 5.96. The minimum Gasteiger partial charge on any atom is -0.478 e. The van der Waals surface area contributed by atoms with Gasteiger partial charge in [0.1, 0.15) is 0 Å². The first-order chi connectivity index (χ1) is 8.36. The molecule has 6 nitrogen and oxygen atoms in total. The van der Waals surface area contributed by atoms with Gasteiger partial charge in [0.2, 0.25) is 5.91 Å². The number of primary amides is 1. The second-order valence-corrected chi connectivity index (χ2v) is 4.01. The van der Waals surface area contributed by atoms with E-state index in [1.807, 2.05) is 6.92 Å². The van der Waals surface area contributed by atoms with Crippen LogP contribution in [0.5, 0.6) is 0 Å². The number of nitrogens with zero attached hydrogens (tertiary/aromatic N) is 1. The summed E-state index contributed by atoms with van der Waals surface area (Å²) in [5, 5.41) is 9.06. The van der Waals surface area contributed by atoms with Crippen molar-refractivity contribution in [1.82, 2.24) is 0 Å². The number of aromatic carboxylic acids is 1. The predicted octanol–water partition coefficient (Wildman–Crippen LogP) is 0.587. The Kier molecular flexibility index (Phi) is 4.14. The maximum absolute atomic E-state index is 11.1. The van der Waals surface area contributed by atoms with Gasteiger partial charge in [-0.15, -0.1) is 0 Å². The number of hydrogen-bond donors (Lipinski definition) is 3. The predicted molar refractivity (Wildman–Crippen MR) is 69.6 cm³/mol. The maximum Gasteiger partial charge on any atom is 0.337 e. The van der Waals surface area contributed by atoms with E-state index in [9.17, 15) is 9.59 Å². The van der Waals surface area contributed by atoms with E-state index in [1.165, 1.54) is 6.07 Å². The summed E-state index contributed by atoms with van der Waals surface area (Å²) >= 11 is 0. The van der Waals surface area contributed by atoms with Gasteiger partial charge in [0, 0.05) is 17.9 Å². The highest BCUT2D eigenvalue weighted by atomic mass is 16.4. The fraction of sp³-hybridized carbons (Fsp3) is 0.333.